The van der Waals surface area contributed by atoms with Gasteiger partial charge in [-0.2, -0.15) is 0 Å². The maximum absolute atomic E-state index is 12.2. The summed E-state index contributed by atoms with van der Waals surface area (Å²) >= 11 is 0. The molecule has 0 unspecified atom stereocenters. The Hall–Kier alpha value is -0.870. The monoisotopic (exact) mass is 362 g/mol. The third kappa shape index (κ3) is 2.37. The number of esters is 1. The number of allylic oxidation sites excluding steroid dienone is 2. The Morgan fingerprint density at radius 3 is 2.58 bits per heavy atom. The lowest BCUT2D eigenvalue weighted by molar-refractivity contribution is -0.285. The lowest BCUT2D eigenvalue weighted by Gasteiger charge is -2.64. The number of hydrogen-bond acceptors (Lipinski definition) is 4. The fraction of sp³-hybridized carbons (Fsp3) is 0.864. The van der Waals surface area contributed by atoms with Crippen LogP contribution in [0.5, 0.6) is 0 Å². The minimum absolute atomic E-state index is 0.00850. The molecule has 146 valence electrons. The van der Waals surface area contributed by atoms with E-state index >= 15 is 0 Å². The van der Waals surface area contributed by atoms with E-state index in [9.17, 15) is 4.79 Å². The molecule has 0 aromatic rings. The normalized spacial score (nSPS) is 40.5. The molecule has 3 aliphatic carbocycles. The Morgan fingerprint density at radius 1 is 1.15 bits per heavy atom. The molecule has 0 N–H and O–H groups in total. The van der Waals surface area contributed by atoms with E-state index in [4.69, 9.17) is 14.2 Å². The topological polar surface area (TPSA) is 44.8 Å². The molecule has 1 spiro atoms. The van der Waals surface area contributed by atoms with Crippen molar-refractivity contribution in [1.29, 1.82) is 0 Å². The van der Waals surface area contributed by atoms with Crippen LogP contribution in [-0.2, 0) is 19.0 Å². The summed E-state index contributed by atoms with van der Waals surface area (Å²) in [7, 11) is 1.51. The van der Waals surface area contributed by atoms with Crippen LogP contribution in [0.2, 0.25) is 0 Å². The Labute approximate surface area is 157 Å². The van der Waals surface area contributed by atoms with Crippen LogP contribution < -0.4 is 0 Å². The van der Waals surface area contributed by atoms with E-state index in [0.29, 0.717) is 25.6 Å². The SMILES string of the molecule is COC(=O)C[C@]12CCCC=C1[C@@]1(C)CCC3(OCCO3)C(C)(C)[C@@H]1CC2. The highest BCUT2D eigenvalue weighted by Gasteiger charge is 2.66. The van der Waals surface area contributed by atoms with Gasteiger partial charge in [0.05, 0.1) is 26.7 Å². The van der Waals surface area contributed by atoms with E-state index < -0.39 is 5.79 Å². The fourth-order valence-corrected chi connectivity index (χ4v) is 7.13. The Morgan fingerprint density at radius 2 is 1.88 bits per heavy atom. The number of methoxy groups -OCH3 is 1. The van der Waals surface area contributed by atoms with Crippen LogP contribution in [0.15, 0.2) is 11.6 Å². The maximum Gasteiger partial charge on any atom is 0.306 e. The number of rotatable bonds is 2. The zero-order chi connectivity index (χ0) is 18.6. The van der Waals surface area contributed by atoms with E-state index in [1.54, 1.807) is 5.57 Å². The van der Waals surface area contributed by atoms with Crippen LogP contribution in [0.3, 0.4) is 0 Å². The van der Waals surface area contributed by atoms with Crippen molar-refractivity contribution in [3.05, 3.63) is 11.6 Å². The van der Waals surface area contributed by atoms with E-state index in [-0.39, 0.29) is 22.2 Å². The fourth-order valence-electron chi connectivity index (χ4n) is 7.13. The van der Waals surface area contributed by atoms with Crippen LogP contribution in [0.25, 0.3) is 0 Å². The molecular formula is C22H34O4. The van der Waals surface area contributed by atoms with Gasteiger partial charge in [0, 0.05) is 17.3 Å². The summed E-state index contributed by atoms with van der Waals surface area (Å²) < 4.78 is 17.5. The second-order valence-electron chi connectivity index (χ2n) is 9.72. The smallest absolute Gasteiger partial charge is 0.306 e. The number of ether oxygens (including phenoxy) is 3. The second kappa shape index (κ2) is 6.07. The molecule has 0 radical (unpaired) electrons. The van der Waals surface area contributed by atoms with Gasteiger partial charge in [-0.1, -0.05) is 32.4 Å². The first-order chi connectivity index (χ1) is 12.3. The zero-order valence-corrected chi connectivity index (χ0v) is 16.9. The van der Waals surface area contributed by atoms with Crippen LogP contribution in [0, 0.1) is 22.2 Å². The van der Waals surface area contributed by atoms with Crippen LogP contribution in [0.1, 0.15) is 72.1 Å². The predicted molar refractivity (Wildman–Crippen MR) is 99.5 cm³/mol. The molecule has 4 nitrogen and oxygen atoms in total. The highest BCUT2D eigenvalue weighted by molar-refractivity contribution is 5.71. The second-order valence-corrected chi connectivity index (χ2v) is 9.72. The summed E-state index contributed by atoms with van der Waals surface area (Å²) in [5, 5.41) is 0. The molecule has 0 bridgehead atoms. The van der Waals surface area contributed by atoms with Crippen molar-refractivity contribution < 1.29 is 19.0 Å². The minimum Gasteiger partial charge on any atom is -0.469 e. The predicted octanol–water partition coefficient (Wildman–Crippen LogP) is 4.63. The van der Waals surface area contributed by atoms with Crippen molar-refractivity contribution in [2.75, 3.05) is 20.3 Å². The van der Waals surface area contributed by atoms with Gasteiger partial charge in [-0.25, -0.2) is 0 Å². The third-order valence-electron chi connectivity index (χ3n) is 8.37. The molecule has 1 saturated heterocycles. The summed E-state index contributed by atoms with van der Waals surface area (Å²) in [5.74, 6) is 0.0280. The summed E-state index contributed by atoms with van der Waals surface area (Å²) in [6.45, 7) is 8.56. The number of hydrogen-bond donors (Lipinski definition) is 0. The van der Waals surface area contributed by atoms with Gasteiger partial charge in [-0.05, 0) is 49.9 Å². The minimum atomic E-state index is -0.422. The molecule has 2 saturated carbocycles. The molecule has 4 aliphatic rings. The Bertz CT molecular complexity index is 616. The average molecular weight is 363 g/mol. The molecule has 0 aromatic carbocycles. The van der Waals surface area contributed by atoms with Gasteiger partial charge in [0.2, 0.25) is 0 Å². The highest BCUT2D eigenvalue weighted by atomic mass is 16.7. The quantitative estimate of drug-likeness (QED) is 0.531. The van der Waals surface area contributed by atoms with Gasteiger partial charge in [0.25, 0.3) is 0 Å². The molecular weight excluding hydrogens is 328 g/mol. The van der Waals surface area contributed by atoms with Crippen LogP contribution in [-0.4, -0.2) is 32.1 Å². The summed E-state index contributed by atoms with van der Waals surface area (Å²) in [6, 6.07) is 0. The lowest BCUT2D eigenvalue weighted by atomic mass is 9.42. The van der Waals surface area contributed by atoms with Crippen molar-refractivity contribution in [2.24, 2.45) is 22.2 Å². The van der Waals surface area contributed by atoms with Crippen molar-refractivity contribution >= 4 is 5.97 Å². The maximum atomic E-state index is 12.2. The third-order valence-corrected chi connectivity index (χ3v) is 8.37. The first-order valence-electron chi connectivity index (χ1n) is 10.4. The number of carbonyl (C=O) groups is 1. The molecule has 3 fully saturated rings. The van der Waals surface area contributed by atoms with Crippen molar-refractivity contribution in [2.45, 2.75) is 77.9 Å². The van der Waals surface area contributed by atoms with Gasteiger partial charge < -0.3 is 14.2 Å². The molecule has 1 heterocycles. The average Bonchev–Trinajstić information content (AvgIpc) is 3.09. The van der Waals surface area contributed by atoms with E-state index in [2.05, 4.69) is 26.8 Å². The largest absolute Gasteiger partial charge is 0.469 e. The van der Waals surface area contributed by atoms with Crippen molar-refractivity contribution in [1.82, 2.24) is 0 Å². The Balaban J connectivity index is 1.72. The molecule has 1 aliphatic heterocycles. The van der Waals surface area contributed by atoms with Crippen LogP contribution in [0.4, 0.5) is 0 Å². The molecule has 26 heavy (non-hydrogen) atoms. The zero-order valence-electron chi connectivity index (χ0n) is 16.9. The van der Waals surface area contributed by atoms with Gasteiger partial charge in [0.15, 0.2) is 5.79 Å². The summed E-state index contributed by atoms with van der Waals surface area (Å²) in [5.41, 5.74) is 1.64. The number of carbonyl (C=O) groups excluding carboxylic acids is 1. The molecule has 4 rings (SSSR count). The van der Waals surface area contributed by atoms with Gasteiger partial charge in [-0.15, -0.1) is 0 Å². The van der Waals surface area contributed by atoms with E-state index in [0.717, 1.165) is 38.5 Å². The van der Waals surface area contributed by atoms with E-state index in [1.165, 1.54) is 13.5 Å². The van der Waals surface area contributed by atoms with Crippen LogP contribution >= 0.6 is 0 Å². The van der Waals surface area contributed by atoms with Gasteiger partial charge in [-0.3, -0.25) is 4.79 Å². The van der Waals surface area contributed by atoms with Gasteiger partial charge >= 0.3 is 5.97 Å². The molecule has 0 aromatic heterocycles. The lowest BCUT2D eigenvalue weighted by Crippen LogP contribution is -2.62. The number of fused-ring (bicyclic) bond motifs is 3. The van der Waals surface area contributed by atoms with Gasteiger partial charge in [0.1, 0.15) is 0 Å². The highest BCUT2D eigenvalue weighted by Crippen LogP contribution is 2.69. The summed E-state index contributed by atoms with van der Waals surface area (Å²) in [6.07, 6.45) is 10.7. The first-order valence-corrected chi connectivity index (χ1v) is 10.4. The first kappa shape index (κ1) is 18.5. The van der Waals surface area contributed by atoms with E-state index in [1.807, 2.05) is 0 Å². The molecule has 3 atom stereocenters. The molecule has 0 amide bonds. The standard InChI is InChI=1S/C22H34O4/c1-19(2)16-8-10-21(15-18(23)24-4)9-6-5-7-17(21)20(16,3)11-12-22(19)25-13-14-26-22/h7,16H,5-6,8-15H2,1-4H3/t16-,20-,21+/m0/s1. The molecule has 4 heteroatoms. The Kier molecular flexibility index (Phi) is 4.31. The van der Waals surface area contributed by atoms with Crippen molar-refractivity contribution in [3.8, 4) is 0 Å². The summed E-state index contributed by atoms with van der Waals surface area (Å²) in [4.78, 5) is 12.2. The van der Waals surface area contributed by atoms with Crippen molar-refractivity contribution in [3.63, 3.8) is 0 Å².